The minimum absolute atomic E-state index is 0.00510. The van der Waals surface area contributed by atoms with Gasteiger partial charge in [0.05, 0.1) is 31.9 Å². The first-order valence-electron chi connectivity index (χ1n) is 35.7. The minimum Gasteiger partial charge on any atom is -0.508 e. The number of carbonyl (C=O) groups is 18. The molecule has 24 N–H and O–H groups in total. The van der Waals surface area contributed by atoms with E-state index in [1.807, 2.05) is 5.32 Å². The van der Waals surface area contributed by atoms with Gasteiger partial charge in [0.1, 0.15) is 77.7 Å². The monoisotopic (exact) mass is 1630 g/mol. The fourth-order valence-electron chi connectivity index (χ4n) is 11.3. The second-order valence-corrected chi connectivity index (χ2v) is 26.2. The van der Waals surface area contributed by atoms with Gasteiger partial charge in [-0.05, 0) is 115 Å². The van der Waals surface area contributed by atoms with Crippen molar-refractivity contribution in [2.45, 2.75) is 151 Å². The minimum atomic E-state index is -2.09. The lowest BCUT2D eigenvalue weighted by Crippen LogP contribution is -2.61. The van der Waals surface area contributed by atoms with Gasteiger partial charge in [0.25, 0.3) is 0 Å². The Kier molecular flexibility index (Phi) is 36.9. The smallest absolute Gasteiger partial charge is 0.335 e. The number of fused-ring (bicyclic) bond motifs is 1. The predicted octanol–water partition coefficient (Wildman–Crippen LogP) is -4.11. The summed E-state index contributed by atoms with van der Waals surface area (Å²) in [4.78, 5) is 237. The van der Waals surface area contributed by atoms with E-state index in [2.05, 4.69) is 68.8 Å². The summed E-state index contributed by atoms with van der Waals surface area (Å²) in [5.41, 5.74) is 1.37. The molecule has 5 rings (SSSR count). The number of phenolic OH excluding ortho intramolecular Hbond substituents is 2. The number of phenols is 2. The summed E-state index contributed by atoms with van der Waals surface area (Å²) in [6, 6.07) is 0.886. The molecule has 0 saturated carbocycles. The molecular formula is C73H89FN14O28. The number of aliphatic carboxylic acids is 5. The van der Waals surface area contributed by atoms with Crippen LogP contribution >= 0.6 is 0 Å². The molecule has 13 amide bonds. The van der Waals surface area contributed by atoms with Gasteiger partial charge in [-0.3, -0.25) is 67.1 Å². The molecular weight excluding hydrogens is 1540 g/mol. The zero-order chi connectivity index (χ0) is 85.9. The number of carbonyl (C=O) groups excluding carboxylic acids is 12. The lowest BCUT2D eigenvalue weighted by atomic mass is 10.0. The number of aliphatic hydroxyl groups excluding tert-OH is 2. The Morgan fingerprint density at radius 1 is 0.397 bits per heavy atom. The highest BCUT2D eigenvalue weighted by Gasteiger charge is 2.36. The summed E-state index contributed by atoms with van der Waals surface area (Å²) < 4.78 is 14.5. The Morgan fingerprint density at radius 2 is 0.802 bits per heavy atom. The summed E-state index contributed by atoms with van der Waals surface area (Å²) in [5.74, 6) is -22.3. The maximum Gasteiger partial charge on any atom is 0.335 e. The van der Waals surface area contributed by atoms with Crippen LogP contribution in [0.1, 0.15) is 97.3 Å². The molecule has 43 heteroatoms. The van der Waals surface area contributed by atoms with Crippen LogP contribution in [-0.4, -0.2) is 256 Å². The lowest BCUT2D eigenvalue weighted by Gasteiger charge is -2.26. The standard InChI is InChI=1S/C73H89FN14O28/c1-36(91)79-52(26-37-8-13-43(92)14-9-37)66(106)84-53(27-38-10-15-44(93)16-11-38)67(107)85-56(35-90)69(109)86-55(34-89)68(108)83-48(19-22-60(98)99)65(105)82-47(18-21-59(96)97)62(102)77-32-57(94)80-51(28-39-5-4-6-40(25-39)70(110)111)64(104)78-33-58(95)81-54(29-41-31-76-46-17-12-42(74)30-45(41)46)63(103)75-24-3-2-7-49(71(112)113)87-73(116)88-50(72(114)115)20-23-61(100)101/h4-6,8-17,25,30-31,47-56,76,89-90,92-93H,2-3,7,18-24,26-29,32-35H2,1H3,(H,75,103)(H,77,102)(H,78,104)(H,79,91)(H,80,94)(H,81,95)(H,82,105)(H,83,108)(H,84,106)(H,85,107)(H,86,109)(H,96,97)(H,98,99)(H,100,101)(H,110,111)(H,112,113)(H,114,115)(H2,87,88,116)/t47-,48-,49-,50-,51-,52-,53-,54-,55-,56-/m0/s1. The van der Waals surface area contributed by atoms with Crippen LogP contribution in [0.4, 0.5) is 9.18 Å². The number of H-pyrrole nitrogens is 1. The van der Waals surface area contributed by atoms with E-state index in [1.165, 1.54) is 79.0 Å². The van der Waals surface area contributed by atoms with Crippen molar-refractivity contribution >= 4 is 118 Å². The topological polar surface area (TPSA) is 682 Å². The number of nitrogens with one attached hydrogen (secondary N) is 14. The van der Waals surface area contributed by atoms with E-state index in [9.17, 15) is 137 Å². The number of amides is 13. The zero-order valence-corrected chi connectivity index (χ0v) is 61.9. The molecule has 0 spiro atoms. The number of aliphatic hydroxyl groups is 2. The summed E-state index contributed by atoms with van der Waals surface area (Å²) in [7, 11) is 0. The fourth-order valence-corrected chi connectivity index (χ4v) is 11.3. The average molecular weight is 1630 g/mol. The van der Waals surface area contributed by atoms with Gasteiger partial charge in [-0.1, -0.05) is 36.4 Å². The molecule has 0 aliphatic heterocycles. The highest BCUT2D eigenvalue weighted by Crippen LogP contribution is 2.22. The molecule has 10 atom stereocenters. The largest absolute Gasteiger partial charge is 0.508 e. The number of urea groups is 1. The molecule has 0 saturated heterocycles. The van der Waals surface area contributed by atoms with E-state index >= 15 is 0 Å². The average Bonchev–Trinajstić information content (AvgIpc) is 1.67. The van der Waals surface area contributed by atoms with E-state index in [0.717, 1.165) is 25.1 Å². The second kappa shape index (κ2) is 46.2. The van der Waals surface area contributed by atoms with Crippen LogP contribution in [0.15, 0.2) is 97.2 Å². The highest BCUT2D eigenvalue weighted by molar-refractivity contribution is 5.99. The molecule has 0 aliphatic rings. The highest BCUT2D eigenvalue weighted by atomic mass is 19.1. The molecule has 1 aromatic heterocycles. The Morgan fingerprint density at radius 3 is 1.28 bits per heavy atom. The molecule has 1 heterocycles. The molecule has 0 aliphatic carbocycles. The van der Waals surface area contributed by atoms with Crippen molar-refractivity contribution in [1.29, 1.82) is 0 Å². The van der Waals surface area contributed by atoms with Crippen LogP contribution in [0.25, 0.3) is 10.9 Å². The first kappa shape index (κ1) is 92.7. The van der Waals surface area contributed by atoms with Crippen molar-refractivity contribution < 1.29 is 142 Å². The number of hydrogen-bond acceptors (Lipinski definition) is 22. The van der Waals surface area contributed by atoms with Crippen LogP contribution in [0.5, 0.6) is 11.5 Å². The Hall–Kier alpha value is -13.9. The lowest BCUT2D eigenvalue weighted by molar-refractivity contribution is -0.141. The molecule has 0 unspecified atom stereocenters. The molecule has 116 heavy (non-hydrogen) atoms. The third-order valence-electron chi connectivity index (χ3n) is 17.3. The summed E-state index contributed by atoms with van der Waals surface area (Å²) >= 11 is 0. The number of aromatic hydroxyl groups is 2. The van der Waals surface area contributed by atoms with Crippen molar-refractivity contribution in [2.24, 2.45) is 0 Å². The van der Waals surface area contributed by atoms with Crippen LogP contribution < -0.4 is 69.1 Å². The van der Waals surface area contributed by atoms with Crippen molar-refractivity contribution in [3.05, 3.63) is 131 Å². The number of aromatic nitrogens is 1. The van der Waals surface area contributed by atoms with Crippen LogP contribution in [-0.2, 0) is 102 Å². The van der Waals surface area contributed by atoms with Crippen LogP contribution in [0, 0.1) is 5.82 Å². The third kappa shape index (κ3) is 32.1. The van der Waals surface area contributed by atoms with E-state index in [1.54, 1.807) is 0 Å². The van der Waals surface area contributed by atoms with Crippen molar-refractivity contribution in [2.75, 3.05) is 32.8 Å². The van der Waals surface area contributed by atoms with Crippen molar-refractivity contribution in [1.82, 2.24) is 74.1 Å². The molecule has 0 bridgehead atoms. The maximum atomic E-state index is 14.5. The summed E-state index contributed by atoms with van der Waals surface area (Å²) in [6.07, 6.45) is -4.60. The van der Waals surface area contributed by atoms with Gasteiger partial charge in [0, 0.05) is 75.5 Å². The van der Waals surface area contributed by atoms with Gasteiger partial charge in [-0.2, -0.15) is 0 Å². The predicted molar refractivity (Wildman–Crippen MR) is 396 cm³/mol. The summed E-state index contributed by atoms with van der Waals surface area (Å²) in [5, 5.41) is 127. The number of aromatic carboxylic acids is 1. The molecule has 626 valence electrons. The van der Waals surface area contributed by atoms with Crippen molar-refractivity contribution in [3.63, 3.8) is 0 Å². The van der Waals surface area contributed by atoms with E-state index < -0.39 is 244 Å². The number of hydrogen-bond donors (Lipinski definition) is 24. The van der Waals surface area contributed by atoms with Gasteiger partial charge in [-0.25, -0.2) is 23.6 Å². The molecule has 0 radical (unpaired) electrons. The molecule has 0 fully saturated rings. The van der Waals surface area contributed by atoms with Gasteiger partial charge in [0.15, 0.2) is 0 Å². The number of halogens is 1. The zero-order valence-electron chi connectivity index (χ0n) is 61.9. The Labute approximate surface area is 657 Å². The normalized spacial score (nSPS) is 13.5. The van der Waals surface area contributed by atoms with Gasteiger partial charge < -0.3 is 125 Å². The van der Waals surface area contributed by atoms with Gasteiger partial charge in [-0.15, -0.1) is 0 Å². The molecule has 4 aromatic carbocycles. The quantitative estimate of drug-likeness (QED) is 0.0165. The number of carboxylic acids is 6. The first-order valence-corrected chi connectivity index (χ1v) is 35.7. The Balaban J connectivity index is 1.27. The van der Waals surface area contributed by atoms with Crippen LogP contribution in [0.3, 0.4) is 0 Å². The van der Waals surface area contributed by atoms with E-state index in [-0.39, 0.29) is 67.7 Å². The van der Waals surface area contributed by atoms with E-state index in [0.29, 0.717) is 27.6 Å². The molecule has 5 aromatic rings. The number of rotatable bonds is 49. The summed E-state index contributed by atoms with van der Waals surface area (Å²) in [6.45, 7) is -3.60. The number of carboxylic acid groups (broad SMARTS) is 6. The third-order valence-corrected chi connectivity index (χ3v) is 17.3. The second-order valence-electron chi connectivity index (χ2n) is 26.2. The van der Waals surface area contributed by atoms with E-state index in [4.69, 9.17) is 5.11 Å². The fraction of sp³-hybridized carbons (Fsp3) is 0.397. The molecule has 42 nitrogen and oxygen atoms in total. The number of aromatic amines is 1. The number of benzene rings is 4. The van der Waals surface area contributed by atoms with Crippen LogP contribution in [0.2, 0.25) is 0 Å². The SMILES string of the molecule is CC(=O)N[C@@H](Cc1ccc(O)cc1)C(=O)N[C@@H](Cc1ccc(O)cc1)C(=O)N[C@@H](CO)C(=O)N[C@@H](CO)C(=O)N[C@@H](CCC(=O)O)C(=O)N[C@@H](CCC(=O)O)C(=O)NCC(=O)N[C@@H](Cc1cccc(C(=O)O)c1)C(=O)NCC(=O)N[C@@H](Cc1c[nH]c2ccc(F)cc12)C(=O)NCCCC[C@H](NC(=O)N[C@@H](CCC(=O)O)C(=O)O)C(=O)O. The van der Waals surface area contributed by atoms with Gasteiger partial charge in [0.2, 0.25) is 65.0 Å². The maximum absolute atomic E-state index is 14.5. The Bertz CT molecular complexity index is 4390. The van der Waals surface area contributed by atoms with Crippen molar-refractivity contribution in [3.8, 4) is 11.5 Å². The first-order chi connectivity index (χ1) is 54.9. The number of unbranched alkanes of at least 4 members (excludes halogenated alkanes) is 1. The van der Waals surface area contributed by atoms with Gasteiger partial charge >= 0.3 is 41.8 Å².